The summed E-state index contributed by atoms with van der Waals surface area (Å²) in [6.07, 6.45) is 1.79. The van der Waals surface area contributed by atoms with Crippen molar-refractivity contribution < 1.29 is 9.47 Å². The molecule has 0 bridgehead atoms. The highest BCUT2D eigenvalue weighted by molar-refractivity contribution is 7.14. The van der Waals surface area contributed by atoms with Crippen molar-refractivity contribution in [2.45, 2.75) is 6.92 Å². The lowest BCUT2D eigenvalue weighted by Crippen LogP contribution is -1.93. The maximum Gasteiger partial charge on any atom is 0.231 e. The second-order valence-corrected chi connectivity index (χ2v) is 7.68. The number of hydrogen-bond acceptors (Lipinski definition) is 6. The summed E-state index contributed by atoms with van der Waals surface area (Å²) in [5.41, 5.74) is 4.03. The Balaban J connectivity index is 1.51. The van der Waals surface area contributed by atoms with Crippen molar-refractivity contribution in [3.8, 4) is 22.9 Å². The van der Waals surface area contributed by atoms with Gasteiger partial charge in [0.1, 0.15) is 5.69 Å². The van der Waals surface area contributed by atoms with Crippen LogP contribution < -0.4 is 14.8 Å². The van der Waals surface area contributed by atoms with Gasteiger partial charge < -0.3 is 14.8 Å². The molecule has 136 valence electrons. The van der Waals surface area contributed by atoms with E-state index in [1.807, 2.05) is 34.9 Å². The molecule has 9 heteroatoms. The molecule has 27 heavy (non-hydrogen) atoms. The van der Waals surface area contributed by atoms with Crippen LogP contribution in [0.25, 0.3) is 17.0 Å². The summed E-state index contributed by atoms with van der Waals surface area (Å²) in [6.45, 7) is 2.18. The average Bonchev–Trinajstić information content (AvgIpc) is 3.33. The van der Waals surface area contributed by atoms with Crippen molar-refractivity contribution in [3.05, 3.63) is 51.6 Å². The minimum Gasteiger partial charge on any atom is -0.454 e. The molecule has 4 aromatic rings. The molecular weight excluding hydrogens is 407 g/mol. The largest absolute Gasteiger partial charge is 0.454 e. The zero-order valence-electron chi connectivity index (χ0n) is 14.0. The Labute approximate surface area is 168 Å². The van der Waals surface area contributed by atoms with Crippen molar-refractivity contribution in [1.82, 2.24) is 14.4 Å². The van der Waals surface area contributed by atoms with Crippen LogP contribution in [0.1, 0.15) is 5.69 Å². The van der Waals surface area contributed by atoms with Gasteiger partial charge >= 0.3 is 0 Å². The Morgan fingerprint density at radius 1 is 1.15 bits per heavy atom. The van der Waals surface area contributed by atoms with Crippen LogP contribution in [-0.4, -0.2) is 21.2 Å². The standard InChI is InChI=1S/C18H12Cl2N4O2S/c1-9-16(24-6-10(19)4-12(20)17(24)21-9)13-7-27-18(23-13)22-11-2-3-14-15(5-11)26-8-25-14/h2-7H,8H2,1H3,(H,22,23). The van der Waals surface area contributed by atoms with Crippen molar-refractivity contribution in [3.63, 3.8) is 0 Å². The molecule has 0 amide bonds. The minimum absolute atomic E-state index is 0.249. The van der Waals surface area contributed by atoms with E-state index in [0.717, 1.165) is 39.4 Å². The molecule has 0 unspecified atom stereocenters. The summed E-state index contributed by atoms with van der Waals surface area (Å²) in [7, 11) is 0. The first-order valence-electron chi connectivity index (χ1n) is 8.05. The number of aromatic nitrogens is 3. The number of imidazole rings is 1. The third-order valence-electron chi connectivity index (χ3n) is 4.19. The van der Waals surface area contributed by atoms with Crippen molar-refractivity contribution in [2.24, 2.45) is 0 Å². The molecular formula is C18H12Cl2N4O2S. The zero-order valence-corrected chi connectivity index (χ0v) is 16.3. The minimum atomic E-state index is 0.249. The van der Waals surface area contributed by atoms with E-state index in [1.54, 1.807) is 12.3 Å². The average molecular weight is 419 g/mol. The second-order valence-electron chi connectivity index (χ2n) is 5.98. The summed E-state index contributed by atoms with van der Waals surface area (Å²) < 4.78 is 12.6. The predicted molar refractivity (Wildman–Crippen MR) is 107 cm³/mol. The normalized spacial score (nSPS) is 12.7. The molecule has 0 radical (unpaired) electrons. The van der Waals surface area contributed by atoms with E-state index in [0.29, 0.717) is 15.7 Å². The van der Waals surface area contributed by atoms with Gasteiger partial charge in [0.2, 0.25) is 6.79 Å². The fraction of sp³-hybridized carbons (Fsp3) is 0.111. The lowest BCUT2D eigenvalue weighted by molar-refractivity contribution is 0.174. The Hall–Kier alpha value is -2.48. The smallest absolute Gasteiger partial charge is 0.231 e. The lowest BCUT2D eigenvalue weighted by Gasteiger charge is -2.04. The molecule has 5 rings (SSSR count). The topological polar surface area (TPSA) is 60.7 Å². The maximum atomic E-state index is 6.27. The number of ether oxygens (including phenoxy) is 2. The molecule has 3 aromatic heterocycles. The number of hydrogen-bond donors (Lipinski definition) is 1. The van der Waals surface area contributed by atoms with Crippen LogP contribution in [0, 0.1) is 6.92 Å². The predicted octanol–water partition coefficient (Wildman–Crippen LogP) is 5.55. The summed E-state index contributed by atoms with van der Waals surface area (Å²) in [4.78, 5) is 9.25. The van der Waals surface area contributed by atoms with E-state index in [4.69, 9.17) is 37.7 Å². The van der Waals surface area contributed by atoms with Gasteiger partial charge in [-0.25, -0.2) is 9.97 Å². The van der Waals surface area contributed by atoms with E-state index in [-0.39, 0.29) is 6.79 Å². The highest BCUT2D eigenvalue weighted by atomic mass is 35.5. The summed E-state index contributed by atoms with van der Waals surface area (Å²) in [5.74, 6) is 1.47. The Morgan fingerprint density at radius 2 is 2.00 bits per heavy atom. The monoisotopic (exact) mass is 418 g/mol. The summed E-state index contributed by atoms with van der Waals surface area (Å²) >= 11 is 13.9. The van der Waals surface area contributed by atoms with Gasteiger partial charge in [-0.05, 0) is 25.1 Å². The third kappa shape index (κ3) is 2.88. The van der Waals surface area contributed by atoms with E-state index in [9.17, 15) is 0 Å². The van der Waals surface area contributed by atoms with Crippen LogP contribution in [-0.2, 0) is 0 Å². The number of nitrogens with one attached hydrogen (secondary N) is 1. The lowest BCUT2D eigenvalue weighted by atomic mass is 10.3. The van der Waals surface area contributed by atoms with Crippen LogP contribution >= 0.6 is 34.5 Å². The number of pyridine rings is 1. The first-order chi connectivity index (χ1) is 13.1. The van der Waals surface area contributed by atoms with E-state index in [2.05, 4.69) is 10.3 Å². The van der Waals surface area contributed by atoms with E-state index < -0.39 is 0 Å². The Morgan fingerprint density at radius 3 is 2.89 bits per heavy atom. The van der Waals surface area contributed by atoms with Crippen LogP contribution in [0.3, 0.4) is 0 Å². The van der Waals surface area contributed by atoms with Gasteiger partial charge in [-0.3, -0.25) is 4.40 Å². The van der Waals surface area contributed by atoms with E-state index >= 15 is 0 Å². The molecule has 1 aromatic carbocycles. The fourth-order valence-electron chi connectivity index (χ4n) is 3.03. The summed E-state index contributed by atoms with van der Waals surface area (Å²) in [5, 5.41) is 7.07. The first kappa shape index (κ1) is 16.7. The number of thiazole rings is 1. The van der Waals surface area contributed by atoms with Gasteiger partial charge in [0, 0.05) is 23.3 Å². The highest BCUT2D eigenvalue weighted by Crippen LogP contribution is 2.36. The number of aryl methyl sites for hydroxylation is 1. The molecule has 1 aliphatic heterocycles. The second kappa shape index (κ2) is 6.30. The Bertz CT molecular complexity index is 1190. The van der Waals surface area contributed by atoms with Gasteiger partial charge in [0.25, 0.3) is 0 Å². The number of halogens is 2. The van der Waals surface area contributed by atoms with Crippen molar-refractivity contribution in [1.29, 1.82) is 0 Å². The maximum absolute atomic E-state index is 6.27. The number of rotatable bonds is 3. The molecule has 0 aliphatic carbocycles. The molecule has 4 heterocycles. The molecule has 0 saturated heterocycles. The Kier molecular flexibility index (Phi) is 3.89. The van der Waals surface area contributed by atoms with Gasteiger partial charge in [-0.1, -0.05) is 23.2 Å². The van der Waals surface area contributed by atoms with Crippen LogP contribution in [0.5, 0.6) is 11.5 Å². The van der Waals surface area contributed by atoms with Crippen LogP contribution in [0.4, 0.5) is 10.8 Å². The molecule has 0 spiro atoms. The van der Waals surface area contributed by atoms with Crippen LogP contribution in [0.15, 0.2) is 35.8 Å². The molecule has 1 aliphatic rings. The number of anilines is 2. The summed E-state index contributed by atoms with van der Waals surface area (Å²) in [6, 6.07) is 7.37. The molecule has 1 N–H and O–H groups in total. The highest BCUT2D eigenvalue weighted by Gasteiger charge is 2.18. The molecule has 0 fully saturated rings. The molecule has 0 atom stereocenters. The quantitative estimate of drug-likeness (QED) is 0.472. The van der Waals surface area contributed by atoms with Crippen molar-refractivity contribution in [2.75, 3.05) is 12.1 Å². The zero-order chi connectivity index (χ0) is 18.5. The molecule has 6 nitrogen and oxygen atoms in total. The third-order valence-corrected chi connectivity index (χ3v) is 5.43. The number of fused-ring (bicyclic) bond motifs is 2. The van der Waals surface area contributed by atoms with Gasteiger partial charge in [0.15, 0.2) is 22.3 Å². The van der Waals surface area contributed by atoms with Crippen LogP contribution in [0.2, 0.25) is 10.0 Å². The first-order valence-corrected chi connectivity index (χ1v) is 9.68. The number of nitrogens with zero attached hydrogens (tertiary/aromatic N) is 3. The van der Waals surface area contributed by atoms with E-state index in [1.165, 1.54) is 11.3 Å². The molecule has 0 saturated carbocycles. The SMILES string of the molecule is Cc1nc2c(Cl)cc(Cl)cn2c1-c1csc(Nc2ccc3c(c2)OCO3)n1. The number of benzene rings is 1. The van der Waals surface area contributed by atoms with Crippen molar-refractivity contribution >= 4 is 51.0 Å². The fourth-order valence-corrected chi connectivity index (χ4v) is 4.26. The van der Waals surface area contributed by atoms with Gasteiger partial charge in [-0.2, -0.15) is 0 Å². The van der Waals surface area contributed by atoms with Gasteiger partial charge in [-0.15, -0.1) is 11.3 Å². The van der Waals surface area contributed by atoms with Gasteiger partial charge in [0.05, 0.1) is 21.4 Å².